The lowest BCUT2D eigenvalue weighted by molar-refractivity contribution is -0.956. The van der Waals surface area contributed by atoms with Crippen LogP contribution in [0.3, 0.4) is 0 Å². The Labute approximate surface area is 261 Å². The maximum Gasteiger partial charge on any atom is 0.306 e. The van der Waals surface area contributed by atoms with Crippen LogP contribution in [-0.4, -0.2) is 91.6 Å². The lowest BCUT2D eigenvalue weighted by Crippen LogP contribution is -2.63. The Hall–Kier alpha value is -1.18. The maximum absolute atomic E-state index is 13.2. The van der Waals surface area contributed by atoms with Crippen LogP contribution in [0.25, 0.3) is 0 Å². The van der Waals surface area contributed by atoms with Crippen molar-refractivity contribution < 1.29 is 28.3 Å². The van der Waals surface area contributed by atoms with E-state index in [1.807, 2.05) is 0 Å². The summed E-state index contributed by atoms with van der Waals surface area (Å²) in [6.07, 6.45) is 13.6. The Morgan fingerprint density at radius 3 is 2.35 bits per heavy atom. The van der Waals surface area contributed by atoms with Gasteiger partial charge in [0.15, 0.2) is 6.10 Å². The number of likely N-dealkylation sites (tertiary alicyclic amines) is 1. The monoisotopic (exact) mass is 601 g/mol. The normalized spacial score (nSPS) is 44.5. The van der Waals surface area contributed by atoms with Crippen LogP contribution in [0, 0.1) is 34.5 Å². The first kappa shape index (κ1) is 31.8. The number of quaternary nitrogens is 1. The largest absolute Gasteiger partial charge is 0.461 e. The van der Waals surface area contributed by atoms with Crippen LogP contribution in [0.5, 0.6) is 0 Å². The van der Waals surface area contributed by atoms with E-state index < -0.39 is 0 Å². The SMILES string of the molecule is CCCC(=O)OC1C([N+]2(CC)CCCCC2)C[C@H]2[C@@H]3CCC4CC(OC(C)=O)C(N5CCOCC5)C[C@]4(C)[C@@H]3CC[C@]12C. The van der Waals surface area contributed by atoms with Crippen LogP contribution in [0.1, 0.15) is 112 Å². The van der Waals surface area contributed by atoms with Gasteiger partial charge >= 0.3 is 11.9 Å². The van der Waals surface area contributed by atoms with Crippen molar-refractivity contribution in [3.63, 3.8) is 0 Å². The number of carbonyl (C=O) groups is 2. The van der Waals surface area contributed by atoms with Crippen LogP contribution in [0.15, 0.2) is 0 Å². The van der Waals surface area contributed by atoms with E-state index in [9.17, 15) is 9.59 Å². The van der Waals surface area contributed by atoms with E-state index in [2.05, 4.69) is 32.6 Å². The summed E-state index contributed by atoms with van der Waals surface area (Å²) in [6.45, 7) is 18.3. The number of ether oxygens (including phenoxy) is 3. The number of carbonyl (C=O) groups excluding carboxylic acids is 2. The van der Waals surface area contributed by atoms with Crippen molar-refractivity contribution in [1.82, 2.24) is 4.90 Å². The van der Waals surface area contributed by atoms with Gasteiger partial charge in [-0.1, -0.05) is 20.8 Å². The van der Waals surface area contributed by atoms with Gasteiger partial charge in [0.05, 0.1) is 32.8 Å². The molecule has 2 aliphatic heterocycles. The zero-order valence-electron chi connectivity index (χ0n) is 28.0. The number of hydrogen-bond acceptors (Lipinski definition) is 6. The average molecular weight is 602 g/mol. The molecule has 0 aromatic carbocycles. The number of rotatable bonds is 7. The highest BCUT2D eigenvalue weighted by atomic mass is 16.5. The second-order valence-corrected chi connectivity index (χ2v) is 16.0. The van der Waals surface area contributed by atoms with Crippen molar-refractivity contribution in [2.75, 3.05) is 45.9 Å². The number of fused-ring (bicyclic) bond motifs is 5. The topological polar surface area (TPSA) is 65.1 Å². The fourth-order valence-electron chi connectivity index (χ4n) is 12.0. The van der Waals surface area contributed by atoms with Crippen molar-refractivity contribution >= 4 is 11.9 Å². The molecule has 7 heteroatoms. The molecular weight excluding hydrogens is 540 g/mol. The molecule has 7 nitrogen and oxygen atoms in total. The standard InChI is InChI=1S/C36H61N2O5/c1-6-11-33(40)43-34-31(38(7-2)18-9-8-10-19-38)23-29-27-13-12-26-22-32(42-25(3)39)30(37-16-20-41-21-17-37)24-36(26,5)28(27)14-15-35(29,34)4/h26-32,34H,6-24H2,1-5H3/q+1/t26?,27-,28-,29+,30?,31?,32?,34?,35+,36+/m1/s1. The molecule has 2 saturated heterocycles. The highest BCUT2D eigenvalue weighted by Crippen LogP contribution is 2.67. The number of likely N-dealkylation sites (N-methyl/N-ethyl adjacent to an activating group) is 1. The van der Waals surface area contributed by atoms with Crippen molar-refractivity contribution in [2.24, 2.45) is 34.5 Å². The van der Waals surface area contributed by atoms with Crippen LogP contribution in [-0.2, 0) is 23.8 Å². The third-order valence-electron chi connectivity index (χ3n) is 14.2. The first-order chi connectivity index (χ1) is 20.6. The molecule has 0 amide bonds. The van der Waals surface area contributed by atoms with E-state index in [-0.39, 0.29) is 41.0 Å². The molecule has 4 saturated carbocycles. The summed E-state index contributed by atoms with van der Waals surface area (Å²) in [6, 6.07) is 0.716. The van der Waals surface area contributed by atoms with E-state index in [4.69, 9.17) is 14.2 Å². The molecule has 0 aromatic heterocycles. The molecule has 0 aromatic rings. The third kappa shape index (κ3) is 5.60. The molecule has 10 atom stereocenters. The first-order valence-corrected chi connectivity index (χ1v) is 18.2. The molecule has 6 aliphatic rings. The maximum atomic E-state index is 13.2. The fraction of sp³-hybridized carbons (Fsp3) is 0.944. The van der Waals surface area contributed by atoms with Gasteiger partial charge in [0.25, 0.3) is 0 Å². The molecule has 43 heavy (non-hydrogen) atoms. The number of nitrogens with zero attached hydrogens (tertiary/aromatic N) is 2. The summed E-state index contributed by atoms with van der Waals surface area (Å²) >= 11 is 0. The van der Waals surface area contributed by atoms with Gasteiger partial charge in [-0.15, -0.1) is 0 Å². The summed E-state index contributed by atoms with van der Waals surface area (Å²) in [5, 5.41) is 0. The fourth-order valence-corrected chi connectivity index (χ4v) is 12.0. The Morgan fingerprint density at radius 1 is 0.930 bits per heavy atom. The molecule has 0 N–H and O–H groups in total. The van der Waals surface area contributed by atoms with Crippen LogP contribution >= 0.6 is 0 Å². The minimum absolute atomic E-state index is 0.00897. The Balaban J connectivity index is 1.30. The van der Waals surface area contributed by atoms with Crippen molar-refractivity contribution in [3.8, 4) is 0 Å². The molecule has 4 aliphatic carbocycles. The summed E-state index contributed by atoms with van der Waals surface area (Å²) in [5.74, 6) is 2.49. The van der Waals surface area contributed by atoms with Gasteiger partial charge in [0, 0.05) is 44.3 Å². The molecule has 0 spiro atoms. The molecule has 244 valence electrons. The Morgan fingerprint density at radius 2 is 1.67 bits per heavy atom. The summed E-state index contributed by atoms with van der Waals surface area (Å²) < 4.78 is 19.6. The highest BCUT2D eigenvalue weighted by molar-refractivity contribution is 5.69. The predicted octanol–water partition coefficient (Wildman–Crippen LogP) is 5.98. The summed E-state index contributed by atoms with van der Waals surface area (Å²) in [7, 11) is 0. The quantitative estimate of drug-likeness (QED) is 0.264. The van der Waals surface area contributed by atoms with E-state index in [1.54, 1.807) is 6.92 Å². The molecule has 0 bridgehead atoms. The molecule has 2 heterocycles. The average Bonchev–Trinajstić information content (AvgIpc) is 3.30. The number of esters is 2. The van der Waals surface area contributed by atoms with Crippen molar-refractivity contribution in [1.29, 1.82) is 0 Å². The lowest BCUT2D eigenvalue weighted by Gasteiger charge is -2.62. The second-order valence-electron chi connectivity index (χ2n) is 16.0. The Kier molecular flexibility index (Phi) is 9.28. The van der Waals surface area contributed by atoms with Gasteiger partial charge in [-0.2, -0.15) is 0 Å². The van der Waals surface area contributed by atoms with Crippen LogP contribution in [0.4, 0.5) is 0 Å². The van der Waals surface area contributed by atoms with E-state index in [0.29, 0.717) is 36.1 Å². The summed E-state index contributed by atoms with van der Waals surface area (Å²) in [5.41, 5.74) is 0.313. The molecule has 0 radical (unpaired) electrons. The van der Waals surface area contributed by atoms with Gasteiger partial charge in [-0.25, -0.2) is 0 Å². The van der Waals surface area contributed by atoms with Crippen LogP contribution < -0.4 is 0 Å². The van der Waals surface area contributed by atoms with Gasteiger partial charge in [-0.3, -0.25) is 14.5 Å². The number of hydrogen-bond donors (Lipinski definition) is 0. The highest BCUT2D eigenvalue weighted by Gasteiger charge is 2.67. The number of piperidine rings is 1. The summed E-state index contributed by atoms with van der Waals surface area (Å²) in [4.78, 5) is 28.0. The van der Waals surface area contributed by atoms with Gasteiger partial charge in [-0.05, 0) is 100 Å². The van der Waals surface area contributed by atoms with Gasteiger partial charge < -0.3 is 18.7 Å². The second kappa shape index (κ2) is 12.5. The minimum atomic E-state index is -0.139. The third-order valence-corrected chi connectivity index (χ3v) is 14.2. The van der Waals surface area contributed by atoms with Crippen molar-refractivity contribution in [3.05, 3.63) is 0 Å². The Bertz CT molecular complexity index is 1010. The zero-order chi connectivity index (χ0) is 30.4. The molecule has 5 unspecified atom stereocenters. The van der Waals surface area contributed by atoms with Crippen LogP contribution in [0.2, 0.25) is 0 Å². The van der Waals surface area contributed by atoms with Gasteiger partial charge in [0.1, 0.15) is 12.1 Å². The predicted molar refractivity (Wildman–Crippen MR) is 167 cm³/mol. The first-order valence-electron chi connectivity index (χ1n) is 18.2. The van der Waals surface area contributed by atoms with Crippen molar-refractivity contribution in [2.45, 2.75) is 136 Å². The zero-order valence-corrected chi connectivity index (χ0v) is 28.0. The lowest BCUT2D eigenvalue weighted by atomic mass is 9.44. The van der Waals surface area contributed by atoms with E-state index in [0.717, 1.165) is 56.6 Å². The molecule has 6 rings (SSSR count). The van der Waals surface area contributed by atoms with Gasteiger partial charge in [0.2, 0.25) is 0 Å². The van der Waals surface area contributed by atoms with E-state index >= 15 is 0 Å². The minimum Gasteiger partial charge on any atom is -0.461 e. The smallest absolute Gasteiger partial charge is 0.306 e. The number of morpholine rings is 1. The molecular formula is C36H61N2O5+. The van der Waals surface area contributed by atoms with E-state index in [1.165, 1.54) is 64.5 Å². The molecule has 6 fully saturated rings.